The van der Waals surface area contributed by atoms with Gasteiger partial charge in [-0.1, -0.05) is 36.9 Å². The van der Waals surface area contributed by atoms with Crippen LogP contribution < -0.4 is 0 Å². The van der Waals surface area contributed by atoms with Crippen LogP contribution in [0.5, 0.6) is 0 Å². The van der Waals surface area contributed by atoms with Crippen LogP contribution in [0, 0.1) is 0 Å². The zero-order valence-electron chi connectivity index (χ0n) is 8.02. The molecule has 0 spiro atoms. The normalized spacial score (nSPS) is 27.6. The average Bonchev–Trinajstić information content (AvgIpc) is 2.23. The Hall–Kier alpha value is -1.12. The van der Waals surface area contributed by atoms with Crippen molar-refractivity contribution < 1.29 is 9.84 Å². The summed E-state index contributed by atoms with van der Waals surface area (Å²) >= 11 is 0. The summed E-state index contributed by atoms with van der Waals surface area (Å²) in [5.41, 5.74) is 2.11. The number of hydrogen-bond donors (Lipinski definition) is 1. The van der Waals surface area contributed by atoms with Gasteiger partial charge in [-0.05, 0) is 17.6 Å². The van der Waals surface area contributed by atoms with Crippen LogP contribution in [0.25, 0.3) is 0 Å². The van der Waals surface area contributed by atoms with E-state index in [1.807, 2.05) is 30.3 Å². The highest BCUT2D eigenvalue weighted by Gasteiger charge is 2.24. The lowest BCUT2D eigenvalue weighted by molar-refractivity contribution is -0.145. The lowest BCUT2D eigenvalue weighted by atomic mass is 9.96. The zero-order valence-corrected chi connectivity index (χ0v) is 8.02. The minimum absolute atomic E-state index is 0.139. The van der Waals surface area contributed by atoms with Crippen molar-refractivity contribution in [2.75, 3.05) is 0 Å². The minimum atomic E-state index is -0.647. The predicted octanol–water partition coefficient (Wildman–Crippen LogP) is 2.41. The van der Waals surface area contributed by atoms with Crippen LogP contribution in [-0.2, 0) is 4.74 Å². The van der Waals surface area contributed by atoms with Crippen molar-refractivity contribution in [3.8, 4) is 0 Å². The fourth-order valence-corrected chi connectivity index (χ4v) is 1.70. The molecule has 1 fully saturated rings. The van der Waals surface area contributed by atoms with Gasteiger partial charge in [-0.3, -0.25) is 0 Å². The first-order chi connectivity index (χ1) is 6.77. The smallest absolute Gasteiger partial charge is 0.156 e. The highest BCUT2D eigenvalue weighted by atomic mass is 16.6. The van der Waals surface area contributed by atoms with Gasteiger partial charge in [-0.25, -0.2) is 0 Å². The molecule has 14 heavy (non-hydrogen) atoms. The molecule has 2 unspecified atom stereocenters. The third-order valence-electron chi connectivity index (χ3n) is 2.48. The number of aliphatic hydroxyl groups excluding tert-OH is 1. The van der Waals surface area contributed by atoms with Crippen LogP contribution in [0.1, 0.15) is 24.5 Å². The van der Waals surface area contributed by atoms with Gasteiger partial charge < -0.3 is 9.84 Å². The maximum absolute atomic E-state index is 9.40. The molecule has 74 valence electrons. The Bertz CT molecular complexity index is 318. The first-order valence-corrected chi connectivity index (χ1v) is 4.83. The summed E-state index contributed by atoms with van der Waals surface area (Å²) in [4.78, 5) is 0. The molecular formula is C12H14O2. The van der Waals surface area contributed by atoms with Crippen LogP contribution in [0.2, 0.25) is 0 Å². The molecule has 0 aliphatic carbocycles. The van der Waals surface area contributed by atoms with Crippen molar-refractivity contribution in [2.24, 2.45) is 0 Å². The lowest BCUT2D eigenvalue weighted by Gasteiger charge is -2.29. The van der Waals surface area contributed by atoms with Crippen molar-refractivity contribution in [2.45, 2.75) is 25.2 Å². The van der Waals surface area contributed by atoms with E-state index in [1.54, 1.807) is 0 Å². The van der Waals surface area contributed by atoms with E-state index < -0.39 is 6.29 Å². The molecule has 2 rings (SSSR count). The summed E-state index contributed by atoms with van der Waals surface area (Å²) in [6.45, 7) is 3.97. The first kappa shape index (κ1) is 9.44. The van der Waals surface area contributed by atoms with E-state index in [4.69, 9.17) is 4.74 Å². The van der Waals surface area contributed by atoms with E-state index in [1.165, 1.54) is 0 Å². The summed E-state index contributed by atoms with van der Waals surface area (Å²) in [5, 5.41) is 9.40. The molecule has 1 aliphatic heterocycles. The first-order valence-electron chi connectivity index (χ1n) is 4.83. The van der Waals surface area contributed by atoms with Gasteiger partial charge >= 0.3 is 0 Å². The van der Waals surface area contributed by atoms with Crippen molar-refractivity contribution in [1.82, 2.24) is 0 Å². The molecule has 2 heteroatoms. The maximum atomic E-state index is 9.40. The molecule has 1 aliphatic rings. The summed E-state index contributed by atoms with van der Waals surface area (Å²) in [7, 11) is 0. The second kappa shape index (κ2) is 3.95. The second-order valence-electron chi connectivity index (χ2n) is 3.58. The van der Waals surface area contributed by atoms with Crippen molar-refractivity contribution in [3.63, 3.8) is 0 Å². The molecule has 1 saturated heterocycles. The van der Waals surface area contributed by atoms with Crippen LogP contribution in [0.15, 0.2) is 42.5 Å². The highest BCUT2D eigenvalue weighted by Crippen LogP contribution is 2.33. The van der Waals surface area contributed by atoms with Crippen molar-refractivity contribution in [1.29, 1.82) is 0 Å². The van der Waals surface area contributed by atoms with Crippen LogP contribution in [0.4, 0.5) is 0 Å². The Kier molecular flexibility index (Phi) is 2.66. The van der Waals surface area contributed by atoms with Gasteiger partial charge in [0.25, 0.3) is 0 Å². The van der Waals surface area contributed by atoms with E-state index in [2.05, 4.69) is 6.58 Å². The third-order valence-corrected chi connectivity index (χ3v) is 2.48. The van der Waals surface area contributed by atoms with Crippen molar-refractivity contribution in [3.05, 3.63) is 48.0 Å². The Labute approximate surface area is 83.8 Å². The van der Waals surface area contributed by atoms with E-state index >= 15 is 0 Å². The zero-order chi connectivity index (χ0) is 9.97. The number of hydrogen-bond acceptors (Lipinski definition) is 2. The van der Waals surface area contributed by atoms with E-state index in [0.717, 1.165) is 17.6 Å². The van der Waals surface area contributed by atoms with Crippen molar-refractivity contribution >= 4 is 0 Å². The molecule has 0 bridgehead atoms. The molecule has 2 atom stereocenters. The van der Waals surface area contributed by atoms with Gasteiger partial charge in [0.05, 0.1) is 0 Å². The SMILES string of the molecule is C=C1CCC(O)OC1c1ccccc1. The summed E-state index contributed by atoms with van der Waals surface area (Å²) < 4.78 is 5.44. The molecule has 1 aromatic carbocycles. The van der Waals surface area contributed by atoms with Gasteiger partial charge in [0, 0.05) is 6.42 Å². The quantitative estimate of drug-likeness (QED) is 0.689. The topological polar surface area (TPSA) is 29.5 Å². The van der Waals surface area contributed by atoms with Gasteiger partial charge in [0.2, 0.25) is 0 Å². The fourth-order valence-electron chi connectivity index (χ4n) is 1.70. The number of benzene rings is 1. The van der Waals surface area contributed by atoms with E-state index in [9.17, 15) is 5.11 Å². The molecule has 0 amide bonds. The lowest BCUT2D eigenvalue weighted by Crippen LogP contribution is -2.23. The van der Waals surface area contributed by atoms with Gasteiger partial charge in [0.1, 0.15) is 6.10 Å². The summed E-state index contributed by atoms with van der Waals surface area (Å²) in [6.07, 6.45) is 0.703. The molecule has 1 aromatic rings. The van der Waals surface area contributed by atoms with E-state index in [-0.39, 0.29) is 6.10 Å². The van der Waals surface area contributed by atoms with Crippen LogP contribution >= 0.6 is 0 Å². The number of rotatable bonds is 1. The molecule has 0 radical (unpaired) electrons. The van der Waals surface area contributed by atoms with Crippen LogP contribution in [0.3, 0.4) is 0 Å². The monoisotopic (exact) mass is 190 g/mol. The number of ether oxygens (including phenoxy) is 1. The summed E-state index contributed by atoms with van der Waals surface area (Å²) in [6, 6.07) is 9.88. The highest BCUT2D eigenvalue weighted by molar-refractivity contribution is 5.25. The minimum Gasteiger partial charge on any atom is -0.368 e. The molecule has 1 N–H and O–H groups in total. The molecule has 2 nitrogen and oxygen atoms in total. The Morgan fingerprint density at radius 1 is 1.29 bits per heavy atom. The third kappa shape index (κ3) is 1.86. The standard InChI is InChI=1S/C12H14O2/c1-9-7-8-11(13)14-12(9)10-5-3-2-4-6-10/h2-6,11-13H,1,7-8H2. The molecule has 1 heterocycles. The Balaban J connectivity index is 2.20. The Morgan fingerprint density at radius 2 is 2.00 bits per heavy atom. The van der Waals surface area contributed by atoms with Gasteiger partial charge in [-0.2, -0.15) is 0 Å². The maximum Gasteiger partial charge on any atom is 0.156 e. The summed E-state index contributed by atoms with van der Waals surface area (Å²) in [5.74, 6) is 0. The predicted molar refractivity (Wildman–Crippen MR) is 54.6 cm³/mol. The Morgan fingerprint density at radius 3 is 2.71 bits per heavy atom. The number of aliphatic hydroxyl groups is 1. The molecule has 0 saturated carbocycles. The molecular weight excluding hydrogens is 176 g/mol. The van der Waals surface area contributed by atoms with Crippen LogP contribution in [-0.4, -0.2) is 11.4 Å². The molecule has 0 aromatic heterocycles. The van der Waals surface area contributed by atoms with Gasteiger partial charge in [-0.15, -0.1) is 0 Å². The average molecular weight is 190 g/mol. The van der Waals surface area contributed by atoms with Gasteiger partial charge in [0.15, 0.2) is 6.29 Å². The largest absolute Gasteiger partial charge is 0.368 e. The second-order valence-corrected chi connectivity index (χ2v) is 3.58. The fraction of sp³-hybridized carbons (Fsp3) is 0.333. The van der Waals surface area contributed by atoms with E-state index in [0.29, 0.717) is 6.42 Å².